The molecule has 2 aromatic rings. The van der Waals surface area contributed by atoms with E-state index in [1.807, 2.05) is 54.6 Å². The van der Waals surface area contributed by atoms with E-state index in [-0.39, 0.29) is 17.7 Å². The molecule has 5 heteroatoms. The summed E-state index contributed by atoms with van der Waals surface area (Å²) in [7, 11) is 0. The van der Waals surface area contributed by atoms with Gasteiger partial charge < -0.3 is 10.6 Å². The molecule has 0 aliphatic heterocycles. The van der Waals surface area contributed by atoms with Crippen LogP contribution >= 0.6 is 11.8 Å². The molecule has 2 aromatic carbocycles. The molecule has 2 N–H and O–H groups in total. The van der Waals surface area contributed by atoms with E-state index in [1.165, 1.54) is 11.8 Å². The summed E-state index contributed by atoms with van der Waals surface area (Å²) in [6, 6.07) is 17.0. The lowest BCUT2D eigenvalue weighted by Gasteiger charge is -2.07. The number of nitrogens with one attached hydrogen (secondary N) is 2. The Morgan fingerprint density at radius 3 is 2.43 bits per heavy atom. The second kappa shape index (κ2) is 7.33. The van der Waals surface area contributed by atoms with E-state index in [9.17, 15) is 9.59 Å². The van der Waals surface area contributed by atoms with Crippen LogP contribution in [0.2, 0.25) is 0 Å². The lowest BCUT2D eigenvalue weighted by molar-refractivity contribution is -0.117. The Kier molecular flexibility index (Phi) is 4.98. The zero-order chi connectivity index (χ0) is 16.1. The van der Waals surface area contributed by atoms with Crippen molar-refractivity contribution >= 4 is 35.0 Å². The summed E-state index contributed by atoms with van der Waals surface area (Å²) in [6.45, 7) is 0. The first-order valence-corrected chi connectivity index (χ1v) is 8.58. The van der Waals surface area contributed by atoms with Gasteiger partial charge in [0.05, 0.1) is 5.75 Å². The minimum absolute atomic E-state index is 0.0476. The standard InChI is InChI=1S/C18H18N2O2S/c21-17(19-14-5-2-1-3-6-14)12-23-16-8-4-7-15(11-16)20-18(22)13-9-10-13/h1-8,11,13H,9-10,12H2,(H,19,21)(H,20,22). The number of hydrogen-bond acceptors (Lipinski definition) is 3. The van der Waals surface area contributed by atoms with E-state index in [1.54, 1.807) is 0 Å². The SMILES string of the molecule is O=C(CSc1cccc(NC(=O)C2CC2)c1)Nc1ccccc1. The average molecular weight is 326 g/mol. The largest absolute Gasteiger partial charge is 0.326 e. The molecular formula is C18H18N2O2S. The van der Waals surface area contributed by atoms with Crippen LogP contribution in [0.4, 0.5) is 11.4 Å². The Morgan fingerprint density at radius 2 is 1.70 bits per heavy atom. The van der Waals surface area contributed by atoms with E-state index >= 15 is 0 Å². The highest BCUT2D eigenvalue weighted by atomic mass is 32.2. The van der Waals surface area contributed by atoms with E-state index in [0.29, 0.717) is 5.75 Å². The third kappa shape index (κ3) is 4.86. The maximum atomic E-state index is 11.9. The molecule has 0 spiro atoms. The zero-order valence-electron chi connectivity index (χ0n) is 12.6. The lowest BCUT2D eigenvalue weighted by Crippen LogP contribution is -2.14. The molecule has 0 aromatic heterocycles. The summed E-state index contributed by atoms with van der Waals surface area (Å²) in [4.78, 5) is 24.7. The Hall–Kier alpha value is -2.27. The maximum absolute atomic E-state index is 11.9. The van der Waals surface area contributed by atoms with Crippen molar-refractivity contribution in [3.63, 3.8) is 0 Å². The van der Waals surface area contributed by atoms with Crippen LogP contribution in [0.25, 0.3) is 0 Å². The van der Waals surface area contributed by atoms with Crippen LogP contribution in [0.5, 0.6) is 0 Å². The number of benzene rings is 2. The first-order valence-electron chi connectivity index (χ1n) is 7.59. The number of anilines is 2. The molecule has 0 saturated heterocycles. The molecule has 2 amide bonds. The Bertz CT molecular complexity index is 699. The molecule has 1 saturated carbocycles. The summed E-state index contributed by atoms with van der Waals surface area (Å²) in [5.74, 6) is 0.556. The average Bonchev–Trinajstić information content (AvgIpc) is 3.39. The number of carbonyl (C=O) groups is 2. The molecule has 0 unspecified atom stereocenters. The van der Waals surface area contributed by atoms with Crippen molar-refractivity contribution in [1.82, 2.24) is 0 Å². The third-order valence-corrected chi connectivity index (χ3v) is 4.47. The van der Waals surface area contributed by atoms with Gasteiger partial charge in [0.15, 0.2) is 0 Å². The number of hydrogen-bond donors (Lipinski definition) is 2. The number of rotatable bonds is 6. The van der Waals surface area contributed by atoms with Crippen LogP contribution in [0.1, 0.15) is 12.8 Å². The molecule has 4 nitrogen and oxygen atoms in total. The van der Waals surface area contributed by atoms with Gasteiger partial charge in [-0.1, -0.05) is 24.3 Å². The topological polar surface area (TPSA) is 58.2 Å². The van der Waals surface area contributed by atoms with E-state index < -0.39 is 0 Å². The van der Waals surface area contributed by atoms with Crippen molar-refractivity contribution in [2.75, 3.05) is 16.4 Å². The molecule has 0 radical (unpaired) electrons. The molecule has 118 valence electrons. The van der Waals surface area contributed by atoms with Crippen molar-refractivity contribution in [2.45, 2.75) is 17.7 Å². The summed E-state index contributed by atoms with van der Waals surface area (Å²) >= 11 is 1.45. The maximum Gasteiger partial charge on any atom is 0.234 e. The van der Waals surface area contributed by atoms with Crippen molar-refractivity contribution in [2.24, 2.45) is 5.92 Å². The van der Waals surface area contributed by atoms with Crippen molar-refractivity contribution in [3.05, 3.63) is 54.6 Å². The Balaban J connectivity index is 1.51. The Morgan fingerprint density at radius 1 is 0.957 bits per heavy atom. The van der Waals surface area contributed by atoms with Crippen molar-refractivity contribution in [3.8, 4) is 0 Å². The highest BCUT2D eigenvalue weighted by Crippen LogP contribution is 2.30. The number of amides is 2. The molecule has 23 heavy (non-hydrogen) atoms. The van der Waals surface area contributed by atoms with Gasteiger partial charge in [0, 0.05) is 22.2 Å². The molecule has 1 aliphatic rings. The van der Waals surface area contributed by atoms with Gasteiger partial charge in [-0.25, -0.2) is 0 Å². The molecule has 0 heterocycles. The molecule has 0 bridgehead atoms. The molecular weight excluding hydrogens is 308 g/mol. The van der Waals surface area contributed by atoms with E-state index in [0.717, 1.165) is 29.1 Å². The van der Waals surface area contributed by atoms with Crippen LogP contribution < -0.4 is 10.6 Å². The van der Waals surface area contributed by atoms with Gasteiger partial charge in [-0.3, -0.25) is 9.59 Å². The van der Waals surface area contributed by atoms with Gasteiger partial charge in [-0.05, 0) is 43.2 Å². The lowest BCUT2D eigenvalue weighted by atomic mass is 10.3. The van der Waals surface area contributed by atoms with E-state index in [2.05, 4.69) is 10.6 Å². The predicted molar refractivity (Wildman–Crippen MR) is 93.6 cm³/mol. The third-order valence-electron chi connectivity index (χ3n) is 3.48. The number of thioether (sulfide) groups is 1. The summed E-state index contributed by atoms with van der Waals surface area (Å²) in [5, 5.41) is 5.77. The summed E-state index contributed by atoms with van der Waals surface area (Å²) in [5.41, 5.74) is 1.58. The fourth-order valence-electron chi connectivity index (χ4n) is 2.12. The van der Waals surface area contributed by atoms with Gasteiger partial charge in [-0.15, -0.1) is 11.8 Å². The van der Waals surface area contributed by atoms with Crippen LogP contribution in [0.15, 0.2) is 59.5 Å². The first kappa shape index (κ1) is 15.6. The van der Waals surface area contributed by atoms with Gasteiger partial charge in [-0.2, -0.15) is 0 Å². The van der Waals surface area contributed by atoms with Crippen LogP contribution in [-0.4, -0.2) is 17.6 Å². The zero-order valence-corrected chi connectivity index (χ0v) is 13.4. The van der Waals surface area contributed by atoms with Gasteiger partial charge in [0.2, 0.25) is 11.8 Å². The predicted octanol–water partition coefficient (Wildman–Crippen LogP) is 3.77. The highest BCUT2D eigenvalue weighted by molar-refractivity contribution is 8.00. The smallest absolute Gasteiger partial charge is 0.234 e. The van der Waals surface area contributed by atoms with Crippen molar-refractivity contribution < 1.29 is 9.59 Å². The Labute approximate surface area is 139 Å². The summed E-state index contributed by atoms with van der Waals surface area (Å²) < 4.78 is 0. The normalized spacial score (nSPS) is 13.4. The molecule has 1 aliphatic carbocycles. The van der Waals surface area contributed by atoms with Crippen molar-refractivity contribution in [1.29, 1.82) is 0 Å². The van der Waals surface area contributed by atoms with E-state index in [4.69, 9.17) is 0 Å². The number of para-hydroxylation sites is 1. The fraction of sp³-hybridized carbons (Fsp3) is 0.222. The van der Waals surface area contributed by atoms with Crippen LogP contribution in [0, 0.1) is 5.92 Å². The number of carbonyl (C=O) groups excluding carboxylic acids is 2. The molecule has 0 atom stereocenters. The van der Waals surface area contributed by atoms with Gasteiger partial charge in [0.1, 0.15) is 0 Å². The minimum Gasteiger partial charge on any atom is -0.326 e. The molecule has 3 rings (SSSR count). The highest BCUT2D eigenvalue weighted by Gasteiger charge is 2.29. The monoisotopic (exact) mass is 326 g/mol. The van der Waals surface area contributed by atoms with Gasteiger partial charge >= 0.3 is 0 Å². The molecule has 1 fully saturated rings. The van der Waals surface area contributed by atoms with Crippen LogP contribution in [-0.2, 0) is 9.59 Å². The first-order chi connectivity index (χ1) is 11.2. The minimum atomic E-state index is -0.0476. The fourth-order valence-corrected chi connectivity index (χ4v) is 2.88. The second-order valence-corrected chi connectivity index (χ2v) is 6.54. The van der Waals surface area contributed by atoms with Gasteiger partial charge in [0.25, 0.3) is 0 Å². The second-order valence-electron chi connectivity index (χ2n) is 5.49. The quantitative estimate of drug-likeness (QED) is 0.795. The van der Waals surface area contributed by atoms with Crippen LogP contribution in [0.3, 0.4) is 0 Å². The summed E-state index contributed by atoms with van der Waals surface area (Å²) in [6.07, 6.45) is 1.97.